The maximum Gasteiger partial charge on any atom is 0.410 e. The van der Waals surface area contributed by atoms with Gasteiger partial charge >= 0.3 is 6.18 Å². The van der Waals surface area contributed by atoms with E-state index in [-0.39, 0.29) is 5.75 Å². The molecule has 0 amide bonds. The summed E-state index contributed by atoms with van der Waals surface area (Å²) in [6, 6.07) is 4.83. The Hall–Kier alpha value is -0.950. The molecule has 0 saturated carbocycles. The fourth-order valence-electron chi connectivity index (χ4n) is 1.50. The molecule has 0 aliphatic rings. The molecule has 1 atom stereocenters. The highest BCUT2D eigenvalue weighted by atomic mass is 35.7. The van der Waals surface area contributed by atoms with Crippen molar-refractivity contribution in [2.45, 2.75) is 24.8 Å². The molecular formula is C11H12ClF3O3S. The zero-order valence-corrected chi connectivity index (χ0v) is 11.5. The van der Waals surface area contributed by atoms with Crippen LogP contribution >= 0.6 is 10.7 Å². The summed E-state index contributed by atoms with van der Waals surface area (Å²) in [6.45, 7) is 2.17. The van der Waals surface area contributed by atoms with Crippen molar-refractivity contribution in [3.8, 4) is 5.75 Å². The number of alkyl halides is 3. The minimum atomic E-state index is -4.98. The van der Waals surface area contributed by atoms with Crippen LogP contribution in [-0.2, 0) is 9.05 Å². The highest BCUT2D eigenvalue weighted by Gasteiger charge is 2.49. The summed E-state index contributed by atoms with van der Waals surface area (Å²) in [7, 11) is 0.0652. The van der Waals surface area contributed by atoms with Crippen LogP contribution in [0.2, 0.25) is 0 Å². The molecule has 1 rings (SSSR count). The zero-order chi connectivity index (χ0) is 14.7. The van der Waals surface area contributed by atoms with Gasteiger partial charge in [-0.05, 0) is 24.1 Å². The van der Waals surface area contributed by atoms with Gasteiger partial charge in [0.05, 0.1) is 6.61 Å². The monoisotopic (exact) mass is 316 g/mol. The quantitative estimate of drug-likeness (QED) is 0.779. The van der Waals surface area contributed by atoms with E-state index in [4.69, 9.17) is 15.4 Å². The van der Waals surface area contributed by atoms with Gasteiger partial charge in [-0.15, -0.1) is 0 Å². The Morgan fingerprint density at radius 3 is 2.47 bits per heavy atom. The van der Waals surface area contributed by atoms with E-state index in [1.165, 1.54) is 12.1 Å². The van der Waals surface area contributed by atoms with Gasteiger partial charge in [0.1, 0.15) is 5.75 Å². The summed E-state index contributed by atoms with van der Waals surface area (Å²) in [5, 5.41) is -2.76. The van der Waals surface area contributed by atoms with Gasteiger partial charge in [0.15, 0.2) is 5.25 Å². The maximum atomic E-state index is 12.8. The molecule has 108 valence electrons. The summed E-state index contributed by atoms with van der Waals surface area (Å²) in [4.78, 5) is 0. The number of halogens is 4. The van der Waals surface area contributed by atoms with E-state index in [9.17, 15) is 21.6 Å². The first-order valence-electron chi connectivity index (χ1n) is 5.39. The van der Waals surface area contributed by atoms with Gasteiger partial charge in [-0.3, -0.25) is 0 Å². The van der Waals surface area contributed by atoms with Crippen molar-refractivity contribution in [3.63, 3.8) is 0 Å². The maximum absolute atomic E-state index is 12.8. The molecule has 0 spiro atoms. The molecule has 1 unspecified atom stereocenters. The van der Waals surface area contributed by atoms with E-state index >= 15 is 0 Å². The first kappa shape index (κ1) is 16.1. The topological polar surface area (TPSA) is 43.4 Å². The molecule has 19 heavy (non-hydrogen) atoms. The minimum Gasteiger partial charge on any atom is -0.494 e. The largest absolute Gasteiger partial charge is 0.494 e. The van der Waals surface area contributed by atoms with Crippen LogP contribution in [0.25, 0.3) is 0 Å². The Balaban J connectivity index is 3.18. The third-order valence-electron chi connectivity index (χ3n) is 2.21. The fourth-order valence-corrected chi connectivity index (χ4v) is 2.90. The van der Waals surface area contributed by atoms with Gasteiger partial charge < -0.3 is 4.74 Å². The van der Waals surface area contributed by atoms with E-state index in [0.29, 0.717) is 13.0 Å². The standard InChI is InChI=1S/C11H12ClF3O3S/c1-2-6-18-9-5-3-4-8(7-9)10(11(13,14)15)19(12,16)17/h3-5,7,10H,2,6H2,1H3. The number of rotatable bonds is 5. The highest BCUT2D eigenvalue weighted by molar-refractivity contribution is 8.14. The third-order valence-corrected chi connectivity index (χ3v) is 3.85. The molecule has 0 saturated heterocycles. The van der Waals surface area contributed by atoms with E-state index < -0.39 is 26.0 Å². The molecular weight excluding hydrogens is 305 g/mol. The average Bonchev–Trinajstić information content (AvgIpc) is 2.22. The summed E-state index contributed by atoms with van der Waals surface area (Å²) in [5.74, 6) is 0.175. The lowest BCUT2D eigenvalue weighted by Gasteiger charge is -2.18. The molecule has 0 aliphatic carbocycles. The van der Waals surface area contributed by atoms with Crippen molar-refractivity contribution in [3.05, 3.63) is 29.8 Å². The Bertz CT molecular complexity index is 528. The van der Waals surface area contributed by atoms with E-state index in [2.05, 4.69) is 0 Å². The van der Waals surface area contributed by atoms with Crippen molar-refractivity contribution in [2.75, 3.05) is 6.61 Å². The predicted molar refractivity (Wildman–Crippen MR) is 65.8 cm³/mol. The number of hydrogen-bond donors (Lipinski definition) is 0. The third kappa shape index (κ3) is 4.58. The van der Waals surface area contributed by atoms with Crippen molar-refractivity contribution in [1.29, 1.82) is 0 Å². The molecule has 1 aromatic carbocycles. The van der Waals surface area contributed by atoms with Crippen LogP contribution in [0.4, 0.5) is 13.2 Å². The van der Waals surface area contributed by atoms with Crippen molar-refractivity contribution < 1.29 is 26.3 Å². The second kappa shape index (κ2) is 6.00. The summed E-state index contributed by atoms with van der Waals surface area (Å²) < 4.78 is 65.7. The van der Waals surface area contributed by atoms with E-state index in [1.54, 1.807) is 0 Å². The summed E-state index contributed by atoms with van der Waals surface area (Å²) >= 11 is 0. The Morgan fingerprint density at radius 1 is 1.37 bits per heavy atom. The highest BCUT2D eigenvalue weighted by Crippen LogP contribution is 2.41. The van der Waals surface area contributed by atoms with Gasteiger partial charge in [0, 0.05) is 10.7 Å². The van der Waals surface area contributed by atoms with Crippen molar-refractivity contribution in [2.24, 2.45) is 0 Å². The van der Waals surface area contributed by atoms with Gasteiger partial charge in [0.25, 0.3) is 0 Å². The molecule has 0 bridgehead atoms. The molecule has 0 aliphatic heterocycles. The molecule has 0 radical (unpaired) electrons. The average molecular weight is 317 g/mol. The van der Waals surface area contributed by atoms with E-state index in [0.717, 1.165) is 12.1 Å². The number of ether oxygens (including phenoxy) is 1. The first-order chi connectivity index (χ1) is 8.66. The normalized spacial score (nSPS) is 14.2. The van der Waals surface area contributed by atoms with Crippen LogP contribution in [-0.4, -0.2) is 21.2 Å². The molecule has 0 aromatic heterocycles. The first-order valence-corrected chi connectivity index (χ1v) is 7.76. The van der Waals surface area contributed by atoms with Gasteiger partial charge in [-0.25, -0.2) is 8.42 Å². The molecule has 0 N–H and O–H groups in total. The molecule has 1 aromatic rings. The van der Waals surface area contributed by atoms with Crippen molar-refractivity contribution >= 4 is 19.7 Å². The van der Waals surface area contributed by atoms with Crippen LogP contribution in [0.15, 0.2) is 24.3 Å². The smallest absolute Gasteiger partial charge is 0.410 e. The molecule has 3 nitrogen and oxygen atoms in total. The van der Waals surface area contributed by atoms with Crippen LogP contribution in [0, 0.1) is 0 Å². The van der Waals surface area contributed by atoms with Crippen molar-refractivity contribution in [1.82, 2.24) is 0 Å². The minimum absolute atomic E-state index is 0.175. The molecule has 0 fully saturated rings. The van der Waals surface area contributed by atoms with Gasteiger partial charge in [-0.2, -0.15) is 13.2 Å². The summed E-state index contributed by atoms with van der Waals surface area (Å²) in [5.41, 5.74) is -0.462. The Morgan fingerprint density at radius 2 is 2.00 bits per heavy atom. The zero-order valence-electron chi connectivity index (χ0n) is 9.95. The van der Waals surface area contributed by atoms with Gasteiger partial charge in [0.2, 0.25) is 9.05 Å². The molecule has 8 heteroatoms. The number of hydrogen-bond acceptors (Lipinski definition) is 3. The van der Waals surface area contributed by atoms with Crippen LogP contribution in [0.5, 0.6) is 5.75 Å². The van der Waals surface area contributed by atoms with E-state index in [1.807, 2.05) is 6.92 Å². The SMILES string of the molecule is CCCOc1cccc(C(C(F)(F)F)S(=O)(=O)Cl)c1. The summed E-state index contributed by atoms with van der Waals surface area (Å²) in [6.07, 6.45) is -4.30. The fraction of sp³-hybridized carbons (Fsp3) is 0.455. The lowest BCUT2D eigenvalue weighted by molar-refractivity contribution is -0.131. The lowest BCUT2D eigenvalue weighted by Crippen LogP contribution is -2.25. The Kier molecular flexibility index (Phi) is 5.09. The van der Waals surface area contributed by atoms with Crippen LogP contribution in [0.3, 0.4) is 0 Å². The predicted octanol–water partition coefficient (Wildman–Crippen LogP) is 3.65. The second-order valence-electron chi connectivity index (χ2n) is 3.82. The van der Waals surface area contributed by atoms with Gasteiger partial charge in [-0.1, -0.05) is 19.1 Å². The second-order valence-corrected chi connectivity index (χ2v) is 6.53. The lowest BCUT2D eigenvalue weighted by atomic mass is 10.1. The molecule has 0 heterocycles. The van der Waals surface area contributed by atoms with Crippen LogP contribution in [0.1, 0.15) is 24.2 Å². The number of benzene rings is 1. The van der Waals surface area contributed by atoms with Crippen LogP contribution < -0.4 is 4.74 Å². The Labute approximate surface area is 113 Å².